The van der Waals surface area contributed by atoms with Gasteiger partial charge in [0.1, 0.15) is 6.10 Å². The van der Waals surface area contributed by atoms with Gasteiger partial charge in [-0.25, -0.2) is 0 Å². The molecule has 1 aliphatic carbocycles. The van der Waals surface area contributed by atoms with Crippen LogP contribution >= 0.6 is 24.0 Å². The lowest BCUT2D eigenvalue weighted by Crippen LogP contribution is -2.55. The van der Waals surface area contributed by atoms with Crippen LogP contribution in [0.4, 0.5) is 0 Å². The fourth-order valence-electron chi connectivity index (χ4n) is 4.02. The molecule has 0 aromatic carbocycles. The Balaban J connectivity index is 0.00000261. The molecule has 27 heavy (non-hydrogen) atoms. The van der Waals surface area contributed by atoms with Crippen LogP contribution in [0, 0.1) is 0 Å². The number of hydrogen-bond acceptors (Lipinski definition) is 4. The fraction of sp³-hybridized carbons (Fsp3) is 0.895. The molecule has 1 amide bonds. The summed E-state index contributed by atoms with van der Waals surface area (Å²) < 4.78 is 11.4. The Labute approximate surface area is 180 Å². The maximum atomic E-state index is 12.4. The highest BCUT2D eigenvalue weighted by Gasteiger charge is 2.30. The number of hydrogen-bond donors (Lipinski definition) is 1. The summed E-state index contributed by atoms with van der Waals surface area (Å²) in [5, 5.41) is 3.43. The molecule has 2 aliphatic heterocycles. The summed E-state index contributed by atoms with van der Waals surface area (Å²) in [7, 11) is 1.82. The van der Waals surface area contributed by atoms with Crippen LogP contribution in [0.2, 0.25) is 0 Å². The van der Waals surface area contributed by atoms with E-state index in [0.29, 0.717) is 6.10 Å². The average Bonchev–Trinajstić information content (AvgIpc) is 3.38. The largest absolute Gasteiger partial charge is 0.378 e. The van der Waals surface area contributed by atoms with Crippen molar-refractivity contribution in [3.05, 3.63) is 0 Å². The maximum Gasteiger partial charge on any atom is 0.251 e. The summed E-state index contributed by atoms with van der Waals surface area (Å²) in [5.74, 6) is 1.09. The highest BCUT2D eigenvalue weighted by molar-refractivity contribution is 14.0. The predicted molar refractivity (Wildman–Crippen MR) is 117 cm³/mol. The van der Waals surface area contributed by atoms with E-state index in [9.17, 15) is 4.79 Å². The minimum absolute atomic E-state index is 0. The number of ether oxygens (including phenoxy) is 2. The van der Waals surface area contributed by atoms with E-state index in [0.717, 1.165) is 71.2 Å². The minimum atomic E-state index is -0.209. The van der Waals surface area contributed by atoms with Crippen molar-refractivity contribution in [2.24, 2.45) is 4.99 Å². The van der Waals surface area contributed by atoms with Gasteiger partial charge in [0.15, 0.2) is 5.96 Å². The van der Waals surface area contributed by atoms with Gasteiger partial charge < -0.3 is 24.6 Å². The number of piperazine rings is 1. The third kappa shape index (κ3) is 6.74. The van der Waals surface area contributed by atoms with Crippen LogP contribution in [-0.2, 0) is 14.3 Å². The minimum Gasteiger partial charge on any atom is -0.378 e. The molecule has 1 atom stereocenters. The molecule has 7 nitrogen and oxygen atoms in total. The van der Waals surface area contributed by atoms with Crippen LogP contribution in [0.1, 0.15) is 44.9 Å². The second-order valence-electron chi connectivity index (χ2n) is 7.42. The molecular formula is C19H35IN4O3. The van der Waals surface area contributed by atoms with Gasteiger partial charge in [-0.3, -0.25) is 9.79 Å². The van der Waals surface area contributed by atoms with Crippen molar-refractivity contribution < 1.29 is 14.3 Å². The van der Waals surface area contributed by atoms with Crippen LogP contribution in [0.5, 0.6) is 0 Å². The number of halogens is 1. The molecular weight excluding hydrogens is 459 g/mol. The van der Waals surface area contributed by atoms with E-state index in [4.69, 9.17) is 9.47 Å². The fourth-order valence-corrected chi connectivity index (χ4v) is 4.02. The summed E-state index contributed by atoms with van der Waals surface area (Å²) in [6.07, 6.45) is 8.22. The first kappa shape index (κ1) is 22.7. The van der Waals surface area contributed by atoms with Crippen LogP contribution in [0.15, 0.2) is 4.99 Å². The second-order valence-corrected chi connectivity index (χ2v) is 7.42. The number of aliphatic imine (C=N–C) groups is 1. The standard InChI is InChI=1S/C19H34N4O3.HI/c1-20-19(21-9-5-15-25-16-6-2-3-7-16)23-12-10-22(11-13-23)18(24)17-8-4-14-26-17;/h16-17H,2-15H2,1H3,(H,20,21);1H. The molecule has 1 unspecified atom stereocenters. The van der Waals surface area contributed by atoms with Gasteiger partial charge in [0.2, 0.25) is 0 Å². The molecule has 0 bridgehead atoms. The maximum absolute atomic E-state index is 12.4. The normalized spacial score (nSPS) is 24.2. The Morgan fingerprint density at radius 1 is 1.11 bits per heavy atom. The van der Waals surface area contributed by atoms with Crippen molar-refractivity contribution in [3.8, 4) is 0 Å². The number of carbonyl (C=O) groups is 1. The molecule has 3 fully saturated rings. The van der Waals surface area contributed by atoms with Crippen molar-refractivity contribution in [2.45, 2.75) is 57.2 Å². The summed E-state index contributed by atoms with van der Waals surface area (Å²) in [4.78, 5) is 21.0. The van der Waals surface area contributed by atoms with E-state index in [1.165, 1.54) is 25.7 Å². The summed E-state index contributed by atoms with van der Waals surface area (Å²) in [5.41, 5.74) is 0. The first-order chi connectivity index (χ1) is 12.8. The lowest BCUT2D eigenvalue weighted by Gasteiger charge is -2.37. The van der Waals surface area contributed by atoms with Crippen molar-refractivity contribution in [3.63, 3.8) is 0 Å². The Morgan fingerprint density at radius 2 is 1.81 bits per heavy atom. The molecule has 3 rings (SSSR count). The summed E-state index contributed by atoms with van der Waals surface area (Å²) in [6, 6.07) is 0. The molecule has 2 heterocycles. The number of amides is 1. The highest BCUT2D eigenvalue weighted by Crippen LogP contribution is 2.20. The molecule has 1 saturated carbocycles. The topological polar surface area (TPSA) is 66.4 Å². The van der Waals surface area contributed by atoms with Gasteiger partial charge in [-0.15, -0.1) is 24.0 Å². The zero-order valence-corrected chi connectivity index (χ0v) is 18.9. The first-order valence-corrected chi connectivity index (χ1v) is 10.3. The summed E-state index contributed by atoms with van der Waals surface area (Å²) >= 11 is 0. The number of rotatable bonds is 6. The Hall–Kier alpha value is -0.610. The SMILES string of the molecule is CN=C(NCCCOC1CCCC1)N1CCN(C(=O)C2CCCO2)CC1.I. The lowest BCUT2D eigenvalue weighted by atomic mass is 10.2. The third-order valence-electron chi connectivity index (χ3n) is 5.57. The monoisotopic (exact) mass is 494 g/mol. The van der Waals surface area contributed by atoms with Gasteiger partial charge in [-0.2, -0.15) is 0 Å². The molecule has 8 heteroatoms. The molecule has 0 spiro atoms. The first-order valence-electron chi connectivity index (χ1n) is 10.3. The van der Waals surface area contributed by atoms with E-state index in [2.05, 4.69) is 15.2 Å². The van der Waals surface area contributed by atoms with E-state index in [1.54, 1.807) is 0 Å². The lowest BCUT2D eigenvalue weighted by molar-refractivity contribution is -0.142. The molecule has 0 aromatic heterocycles. The van der Waals surface area contributed by atoms with Gasteiger partial charge in [-0.1, -0.05) is 12.8 Å². The zero-order valence-electron chi connectivity index (χ0n) is 16.5. The average molecular weight is 494 g/mol. The number of guanidine groups is 1. The summed E-state index contributed by atoms with van der Waals surface area (Å²) in [6.45, 7) is 5.52. The third-order valence-corrected chi connectivity index (χ3v) is 5.57. The number of carbonyl (C=O) groups excluding carboxylic acids is 1. The number of nitrogens with zero attached hydrogens (tertiary/aromatic N) is 3. The van der Waals surface area contributed by atoms with Crippen LogP contribution in [0.25, 0.3) is 0 Å². The van der Waals surface area contributed by atoms with Crippen molar-refractivity contribution in [1.29, 1.82) is 0 Å². The Bertz CT molecular complexity index is 472. The van der Waals surface area contributed by atoms with E-state index in [1.807, 2.05) is 11.9 Å². The predicted octanol–water partition coefficient (Wildman–Crippen LogP) is 1.85. The second kappa shape index (κ2) is 12.1. The van der Waals surface area contributed by atoms with Crippen molar-refractivity contribution >= 4 is 35.8 Å². The molecule has 156 valence electrons. The number of nitrogens with one attached hydrogen (secondary N) is 1. The molecule has 0 aromatic rings. The zero-order chi connectivity index (χ0) is 18.2. The van der Waals surface area contributed by atoms with Gasteiger partial charge in [0.25, 0.3) is 5.91 Å². The van der Waals surface area contributed by atoms with Crippen molar-refractivity contribution in [2.75, 3.05) is 53.0 Å². The Kier molecular flexibility index (Phi) is 10.1. The highest BCUT2D eigenvalue weighted by atomic mass is 127. The van der Waals surface area contributed by atoms with Gasteiger partial charge >= 0.3 is 0 Å². The van der Waals surface area contributed by atoms with E-state index < -0.39 is 0 Å². The quantitative estimate of drug-likeness (QED) is 0.264. The molecule has 0 radical (unpaired) electrons. The van der Waals surface area contributed by atoms with Crippen LogP contribution in [-0.4, -0.2) is 86.9 Å². The smallest absolute Gasteiger partial charge is 0.251 e. The van der Waals surface area contributed by atoms with E-state index >= 15 is 0 Å². The molecule has 1 N–H and O–H groups in total. The van der Waals surface area contributed by atoms with Gasteiger partial charge in [0.05, 0.1) is 6.10 Å². The van der Waals surface area contributed by atoms with Crippen LogP contribution in [0.3, 0.4) is 0 Å². The van der Waals surface area contributed by atoms with Crippen molar-refractivity contribution in [1.82, 2.24) is 15.1 Å². The van der Waals surface area contributed by atoms with Gasteiger partial charge in [-0.05, 0) is 32.1 Å². The Morgan fingerprint density at radius 3 is 2.44 bits per heavy atom. The molecule has 2 saturated heterocycles. The van der Waals surface area contributed by atoms with E-state index in [-0.39, 0.29) is 36.0 Å². The van der Waals surface area contributed by atoms with Gasteiger partial charge in [0, 0.05) is 53.0 Å². The van der Waals surface area contributed by atoms with Crippen LogP contribution < -0.4 is 5.32 Å². The molecule has 3 aliphatic rings.